The molecular formula is C32H41N3O5S. The van der Waals surface area contributed by atoms with Gasteiger partial charge in [0.1, 0.15) is 6.04 Å². The van der Waals surface area contributed by atoms with Crippen LogP contribution in [0.15, 0.2) is 54.6 Å². The SMILES string of the molecule is CCOC(=O)[C@@H]1[C@H]2C(=O)N([C@@H](CO)Cc3ccccc3)C(C(=O)Nc3ccc(N(CC)CC)cc3)C23CC[C@@]1(C)S3. The largest absolute Gasteiger partial charge is 0.466 e. The van der Waals surface area contributed by atoms with Crippen LogP contribution in [0.2, 0.25) is 0 Å². The molecular weight excluding hydrogens is 538 g/mol. The summed E-state index contributed by atoms with van der Waals surface area (Å²) in [7, 11) is 0. The van der Waals surface area contributed by atoms with Gasteiger partial charge in [0.25, 0.3) is 0 Å². The van der Waals surface area contributed by atoms with Gasteiger partial charge >= 0.3 is 5.97 Å². The number of aliphatic hydroxyl groups excluding tert-OH is 1. The Morgan fingerprint density at radius 1 is 1.10 bits per heavy atom. The molecule has 2 unspecified atom stereocenters. The zero-order valence-electron chi connectivity index (χ0n) is 24.3. The third-order valence-corrected chi connectivity index (χ3v) is 11.2. The number of hydrogen-bond donors (Lipinski definition) is 2. The van der Waals surface area contributed by atoms with Crippen LogP contribution in [0.3, 0.4) is 0 Å². The molecule has 6 atom stereocenters. The molecule has 0 aliphatic carbocycles. The first-order valence-electron chi connectivity index (χ1n) is 14.7. The molecule has 220 valence electrons. The Hall–Kier alpha value is -3.04. The predicted molar refractivity (Wildman–Crippen MR) is 162 cm³/mol. The highest BCUT2D eigenvalue weighted by molar-refractivity contribution is 8.02. The number of rotatable bonds is 11. The van der Waals surface area contributed by atoms with Gasteiger partial charge in [-0.3, -0.25) is 14.4 Å². The summed E-state index contributed by atoms with van der Waals surface area (Å²) < 4.78 is 4.21. The van der Waals surface area contributed by atoms with Gasteiger partial charge in [0.05, 0.1) is 35.8 Å². The second-order valence-electron chi connectivity index (χ2n) is 11.5. The molecule has 3 saturated heterocycles. The van der Waals surface area contributed by atoms with E-state index in [2.05, 4.69) is 24.1 Å². The van der Waals surface area contributed by atoms with Crippen LogP contribution in [0.25, 0.3) is 0 Å². The smallest absolute Gasteiger partial charge is 0.311 e. The van der Waals surface area contributed by atoms with E-state index in [0.29, 0.717) is 24.9 Å². The highest BCUT2D eigenvalue weighted by Crippen LogP contribution is 2.71. The standard InChI is InChI=1S/C32H41N3O5S/c1-5-34(6-2)23-15-13-22(14-16-23)33-28(37)27-32-18-17-31(4,41-32)26(30(39)40-7-3)25(32)29(38)35(27)24(20-36)19-21-11-9-8-10-12-21/h8-16,24-27,36H,5-7,17-20H2,1-4H3,(H,33,37)/t24-,25+,26+,27?,31-,32?/m1/s1. The number of nitrogens with one attached hydrogen (secondary N) is 1. The van der Waals surface area contributed by atoms with Crippen LogP contribution in [0, 0.1) is 11.8 Å². The first-order chi connectivity index (χ1) is 19.7. The fourth-order valence-corrected chi connectivity index (χ4v) is 9.67. The lowest BCUT2D eigenvalue weighted by molar-refractivity contribution is -0.155. The molecule has 2 amide bonds. The van der Waals surface area contributed by atoms with Crippen LogP contribution in [-0.4, -0.2) is 75.7 Å². The van der Waals surface area contributed by atoms with E-state index in [-0.39, 0.29) is 31.0 Å². The summed E-state index contributed by atoms with van der Waals surface area (Å²) in [6.45, 7) is 9.70. The second kappa shape index (κ2) is 11.7. The third kappa shape index (κ3) is 5.01. The van der Waals surface area contributed by atoms with Crippen molar-refractivity contribution in [1.29, 1.82) is 0 Å². The number of fused-ring (bicyclic) bond motifs is 1. The molecule has 0 aromatic heterocycles. The summed E-state index contributed by atoms with van der Waals surface area (Å²) in [6, 6.07) is 16.0. The van der Waals surface area contributed by atoms with E-state index in [1.165, 1.54) is 0 Å². The molecule has 41 heavy (non-hydrogen) atoms. The van der Waals surface area contributed by atoms with E-state index < -0.39 is 33.4 Å². The Morgan fingerprint density at radius 3 is 2.39 bits per heavy atom. The Morgan fingerprint density at radius 2 is 1.78 bits per heavy atom. The molecule has 3 heterocycles. The van der Waals surface area contributed by atoms with Crippen LogP contribution < -0.4 is 10.2 Å². The Kier molecular flexibility index (Phi) is 8.39. The van der Waals surface area contributed by atoms with E-state index in [0.717, 1.165) is 24.3 Å². The molecule has 2 aromatic carbocycles. The highest BCUT2D eigenvalue weighted by atomic mass is 32.2. The number of carbonyl (C=O) groups is 3. The van der Waals surface area contributed by atoms with E-state index >= 15 is 0 Å². The third-order valence-electron chi connectivity index (χ3n) is 9.19. The fraction of sp³-hybridized carbons (Fsp3) is 0.531. The summed E-state index contributed by atoms with van der Waals surface area (Å²) in [4.78, 5) is 45.8. The van der Waals surface area contributed by atoms with Gasteiger partial charge in [0, 0.05) is 29.2 Å². The molecule has 8 nitrogen and oxygen atoms in total. The van der Waals surface area contributed by atoms with Gasteiger partial charge in [-0.1, -0.05) is 30.3 Å². The summed E-state index contributed by atoms with van der Waals surface area (Å²) in [5.74, 6) is -2.23. The van der Waals surface area contributed by atoms with Crippen molar-refractivity contribution >= 4 is 40.9 Å². The van der Waals surface area contributed by atoms with E-state index in [9.17, 15) is 19.5 Å². The number of aliphatic hydroxyl groups is 1. The highest BCUT2D eigenvalue weighted by Gasteiger charge is 2.78. The number of amides is 2. The molecule has 3 aliphatic heterocycles. The fourth-order valence-electron chi connectivity index (χ4n) is 7.34. The number of nitrogens with zero attached hydrogens (tertiary/aromatic N) is 2. The topological polar surface area (TPSA) is 99.2 Å². The van der Waals surface area contributed by atoms with Gasteiger partial charge < -0.3 is 25.0 Å². The molecule has 0 radical (unpaired) electrons. The van der Waals surface area contributed by atoms with Crippen LogP contribution in [0.5, 0.6) is 0 Å². The second-order valence-corrected chi connectivity index (χ2v) is 13.4. The van der Waals surface area contributed by atoms with Crippen molar-refractivity contribution in [2.45, 2.75) is 68.5 Å². The van der Waals surface area contributed by atoms with Gasteiger partial charge in [-0.15, -0.1) is 11.8 Å². The summed E-state index contributed by atoms with van der Waals surface area (Å²) in [5, 5.41) is 13.7. The van der Waals surface area contributed by atoms with Crippen molar-refractivity contribution < 1.29 is 24.2 Å². The van der Waals surface area contributed by atoms with Crippen molar-refractivity contribution in [2.75, 3.05) is 36.5 Å². The number of carbonyl (C=O) groups excluding carboxylic acids is 3. The van der Waals surface area contributed by atoms with Crippen molar-refractivity contribution in [2.24, 2.45) is 11.8 Å². The first-order valence-corrected chi connectivity index (χ1v) is 15.5. The Labute approximate surface area is 246 Å². The van der Waals surface area contributed by atoms with Crippen LogP contribution in [-0.2, 0) is 25.5 Å². The van der Waals surface area contributed by atoms with Crippen molar-refractivity contribution in [3.8, 4) is 0 Å². The van der Waals surface area contributed by atoms with Crippen molar-refractivity contribution in [3.05, 3.63) is 60.2 Å². The lowest BCUT2D eigenvalue weighted by Gasteiger charge is -2.37. The monoisotopic (exact) mass is 579 g/mol. The number of thioether (sulfide) groups is 1. The van der Waals surface area contributed by atoms with Crippen LogP contribution in [0.1, 0.15) is 46.1 Å². The Bertz CT molecular complexity index is 1270. The average Bonchev–Trinajstić information content (AvgIpc) is 3.54. The minimum Gasteiger partial charge on any atom is -0.466 e. The van der Waals surface area contributed by atoms with Gasteiger partial charge in [-0.2, -0.15) is 0 Å². The lowest BCUT2D eigenvalue weighted by Crippen LogP contribution is -2.55. The quantitative estimate of drug-likeness (QED) is 0.387. The number of anilines is 2. The maximum absolute atomic E-state index is 14.4. The maximum Gasteiger partial charge on any atom is 0.311 e. The lowest BCUT2D eigenvalue weighted by atomic mass is 9.66. The number of ether oxygens (including phenoxy) is 1. The molecule has 2 N–H and O–H groups in total. The number of hydrogen-bond acceptors (Lipinski definition) is 7. The predicted octanol–water partition coefficient (Wildman–Crippen LogP) is 4.12. The minimum absolute atomic E-state index is 0.231. The van der Waals surface area contributed by atoms with Crippen LogP contribution >= 0.6 is 11.8 Å². The van der Waals surface area contributed by atoms with Gasteiger partial charge in [0.15, 0.2) is 0 Å². The zero-order chi connectivity index (χ0) is 29.4. The molecule has 2 bridgehead atoms. The first kappa shape index (κ1) is 29.5. The number of benzene rings is 2. The van der Waals surface area contributed by atoms with Crippen LogP contribution in [0.4, 0.5) is 11.4 Å². The molecule has 5 rings (SSSR count). The molecule has 1 spiro atoms. The molecule has 9 heteroatoms. The average molecular weight is 580 g/mol. The normalized spacial score (nSPS) is 28.9. The summed E-state index contributed by atoms with van der Waals surface area (Å²) in [5.41, 5.74) is 2.68. The molecule has 3 aliphatic rings. The summed E-state index contributed by atoms with van der Waals surface area (Å²) >= 11 is 1.60. The number of esters is 1. The minimum atomic E-state index is -0.838. The van der Waals surface area contributed by atoms with Crippen molar-refractivity contribution in [1.82, 2.24) is 4.90 Å². The van der Waals surface area contributed by atoms with Crippen molar-refractivity contribution in [3.63, 3.8) is 0 Å². The van der Waals surface area contributed by atoms with E-state index in [1.807, 2.05) is 61.5 Å². The summed E-state index contributed by atoms with van der Waals surface area (Å²) in [6.07, 6.45) is 1.75. The van der Waals surface area contributed by atoms with E-state index in [4.69, 9.17) is 4.74 Å². The van der Waals surface area contributed by atoms with Gasteiger partial charge in [-0.05, 0) is 76.8 Å². The molecule has 2 aromatic rings. The molecule has 0 saturated carbocycles. The molecule has 3 fully saturated rings. The zero-order valence-corrected chi connectivity index (χ0v) is 25.2. The maximum atomic E-state index is 14.4. The van der Waals surface area contributed by atoms with Gasteiger partial charge in [0.2, 0.25) is 11.8 Å². The van der Waals surface area contributed by atoms with Gasteiger partial charge in [-0.25, -0.2) is 0 Å². The number of likely N-dealkylation sites (tertiary alicyclic amines) is 1. The van der Waals surface area contributed by atoms with E-state index in [1.54, 1.807) is 23.6 Å². The Balaban J connectivity index is 1.52.